The van der Waals surface area contributed by atoms with Crippen molar-refractivity contribution >= 4 is 0 Å². The first-order chi connectivity index (χ1) is 7.42. The van der Waals surface area contributed by atoms with E-state index in [0.29, 0.717) is 6.04 Å². The summed E-state index contributed by atoms with van der Waals surface area (Å²) in [6, 6.07) is 0.530. The first kappa shape index (κ1) is 14.0. The first-order valence-electron chi connectivity index (χ1n) is 6.73. The van der Waals surface area contributed by atoms with Gasteiger partial charge in [0.05, 0.1) is 12.2 Å². The van der Waals surface area contributed by atoms with Gasteiger partial charge in [-0.05, 0) is 52.5 Å². The Morgan fingerprint density at radius 3 is 2.50 bits per heavy atom. The molecule has 0 spiro atoms. The van der Waals surface area contributed by atoms with Crippen LogP contribution in [0.25, 0.3) is 0 Å². The van der Waals surface area contributed by atoms with Crippen LogP contribution in [0.4, 0.5) is 0 Å². The number of ether oxygens (including phenoxy) is 1. The minimum Gasteiger partial charge on any atom is -0.374 e. The number of hydrogen-bond donors (Lipinski definition) is 1. The summed E-state index contributed by atoms with van der Waals surface area (Å²) in [4.78, 5) is 0. The number of rotatable bonds is 4. The molecule has 1 fully saturated rings. The second-order valence-corrected chi connectivity index (χ2v) is 6.35. The van der Waals surface area contributed by atoms with Crippen LogP contribution in [-0.4, -0.2) is 25.3 Å². The van der Waals surface area contributed by atoms with Crippen LogP contribution in [-0.2, 0) is 4.74 Å². The molecule has 2 nitrogen and oxygen atoms in total. The monoisotopic (exact) mass is 227 g/mol. The summed E-state index contributed by atoms with van der Waals surface area (Å²) in [6.45, 7) is 9.61. The lowest BCUT2D eigenvalue weighted by molar-refractivity contribution is -0.0249. The molecule has 2 heteroatoms. The topological polar surface area (TPSA) is 21.3 Å². The van der Waals surface area contributed by atoms with Gasteiger partial charge in [0.15, 0.2) is 0 Å². The van der Waals surface area contributed by atoms with Crippen molar-refractivity contribution in [2.45, 2.75) is 65.0 Å². The molecule has 0 amide bonds. The Labute approximate surface area is 101 Å². The van der Waals surface area contributed by atoms with E-state index in [2.05, 4.69) is 40.1 Å². The molecule has 1 aliphatic carbocycles. The normalized spacial score (nSPS) is 29.1. The van der Waals surface area contributed by atoms with Gasteiger partial charge in [0, 0.05) is 6.04 Å². The molecule has 0 heterocycles. The SMILES string of the molecule is CNC(COC(C)(C)C)C1CCCC(C)C1. The first-order valence-corrected chi connectivity index (χ1v) is 6.73. The van der Waals surface area contributed by atoms with Crippen LogP contribution in [0.15, 0.2) is 0 Å². The Balaban J connectivity index is 2.40. The van der Waals surface area contributed by atoms with Gasteiger partial charge in [0.25, 0.3) is 0 Å². The molecule has 0 saturated heterocycles. The predicted molar refractivity (Wildman–Crippen MR) is 69.7 cm³/mol. The van der Waals surface area contributed by atoms with Crippen molar-refractivity contribution in [3.8, 4) is 0 Å². The van der Waals surface area contributed by atoms with Crippen molar-refractivity contribution < 1.29 is 4.74 Å². The lowest BCUT2D eigenvalue weighted by Crippen LogP contribution is -2.41. The summed E-state index contributed by atoms with van der Waals surface area (Å²) in [7, 11) is 2.07. The van der Waals surface area contributed by atoms with Crippen LogP contribution >= 0.6 is 0 Å². The molecular weight excluding hydrogens is 198 g/mol. The summed E-state index contributed by atoms with van der Waals surface area (Å²) in [5, 5.41) is 3.44. The van der Waals surface area contributed by atoms with Crippen LogP contribution in [0, 0.1) is 11.8 Å². The zero-order valence-corrected chi connectivity index (χ0v) is 11.7. The van der Waals surface area contributed by atoms with Crippen molar-refractivity contribution in [1.82, 2.24) is 5.32 Å². The van der Waals surface area contributed by atoms with Gasteiger partial charge in [-0.1, -0.05) is 19.8 Å². The number of hydrogen-bond acceptors (Lipinski definition) is 2. The molecule has 1 N–H and O–H groups in total. The molecule has 0 aromatic rings. The van der Waals surface area contributed by atoms with E-state index < -0.39 is 0 Å². The third-order valence-corrected chi connectivity index (χ3v) is 3.61. The molecule has 1 rings (SSSR count). The van der Waals surface area contributed by atoms with E-state index in [1.54, 1.807) is 0 Å². The second kappa shape index (κ2) is 6.02. The quantitative estimate of drug-likeness (QED) is 0.796. The molecule has 0 bridgehead atoms. The van der Waals surface area contributed by atoms with E-state index in [1.807, 2.05) is 0 Å². The zero-order chi connectivity index (χ0) is 12.2. The summed E-state index contributed by atoms with van der Waals surface area (Å²) in [5.74, 6) is 1.69. The van der Waals surface area contributed by atoms with Gasteiger partial charge in [-0.3, -0.25) is 0 Å². The Morgan fingerprint density at radius 1 is 1.31 bits per heavy atom. The fraction of sp³-hybridized carbons (Fsp3) is 1.00. The predicted octanol–water partition coefficient (Wildman–Crippen LogP) is 3.22. The average molecular weight is 227 g/mol. The molecule has 96 valence electrons. The van der Waals surface area contributed by atoms with Crippen LogP contribution in [0.1, 0.15) is 53.4 Å². The summed E-state index contributed by atoms with van der Waals surface area (Å²) in [5.41, 5.74) is -0.0185. The summed E-state index contributed by atoms with van der Waals surface area (Å²) >= 11 is 0. The molecule has 0 radical (unpaired) electrons. The highest BCUT2D eigenvalue weighted by Crippen LogP contribution is 2.31. The standard InChI is InChI=1S/C14H29NO/c1-11-7-6-8-12(9-11)13(15-5)10-16-14(2,3)4/h11-13,15H,6-10H2,1-5H3. The lowest BCUT2D eigenvalue weighted by atomic mass is 9.79. The number of likely N-dealkylation sites (N-methyl/N-ethyl adjacent to an activating group) is 1. The van der Waals surface area contributed by atoms with Gasteiger partial charge in [-0.15, -0.1) is 0 Å². The highest BCUT2D eigenvalue weighted by atomic mass is 16.5. The van der Waals surface area contributed by atoms with Crippen molar-refractivity contribution in [3.63, 3.8) is 0 Å². The van der Waals surface area contributed by atoms with Gasteiger partial charge in [0.2, 0.25) is 0 Å². The van der Waals surface area contributed by atoms with E-state index in [4.69, 9.17) is 4.74 Å². The van der Waals surface area contributed by atoms with Crippen molar-refractivity contribution in [2.24, 2.45) is 11.8 Å². The summed E-state index contributed by atoms with van der Waals surface area (Å²) in [6.07, 6.45) is 5.52. The Bertz CT molecular complexity index is 197. The maximum atomic E-state index is 5.91. The largest absolute Gasteiger partial charge is 0.374 e. The van der Waals surface area contributed by atoms with Crippen molar-refractivity contribution in [3.05, 3.63) is 0 Å². The van der Waals surface area contributed by atoms with Crippen molar-refractivity contribution in [2.75, 3.05) is 13.7 Å². The lowest BCUT2D eigenvalue weighted by Gasteiger charge is -2.34. The molecule has 3 atom stereocenters. The van der Waals surface area contributed by atoms with E-state index in [9.17, 15) is 0 Å². The minimum atomic E-state index is -0.0185. The van der Waals surface area contributed by atoms with Crippen LogP contribution in [0.3, 0.4) is 0 Å². The van der Waals surface area contributed by atoms with Crippen molar-refractivity contribution in [1.29, 1.82) is 0 Å². The molecule has 0 aliphatic heterocycles. The molecule has 0 aromatic heterocycles. The smallest absolute Gasteiger partial charge is 0.0629 e. The Morgan fingerprint density at radius 2 is 2.00 bits per heavy atom. The maximum Gasteiger partial charge on any atom is 0.0629 e. The van der Waals surface area contributed by atoms with E-state index in [0.717, 1.165) is 18.4 Å². The number of nitrogens with one attached hydrogen (secondary N) is 1. The van der Waals surface area contributed by atoms with E-state index >= 15 is 0 Å². The van der Waals surface area contributed by atoms with Gasteiger partial charge >= 0.3 is 0 Å². The third kappa shape index (κ3) is 4.84. The molecule has 3 unspecified atom stereocenters. The van der Waals surface area contributed by atoms with E-state index in [-0.39, 0.29) is 5.60 Å². The highest BCUT2D eigenvalue weighted by Gasteiger charge is 2.26. The van der Waals surface area contributed by atoms with E-state index in [1.165, 1.54) is 25.7 Å². The highest BCUT2D eigenvalue weighted by molar-refractivity contribution is 4.81. The van der Waals surface area contributed by atoms with Gasteiger partial charge in [0.1, 0.15) is 0 Å². The second-order valence-electron chi connectivity index (χ2n) is 6.35. The molecular formula is C14H29NO. The molecule has 1 saturated carbocycles. The Kier molecular flexibility index (Phi) is 5.26. The Hall–Kier alpha value is -0.0800. The molecule has 0 aromatic carbocycles. The van der Waals surface area contributed by atoms with Gasteiger partial charge in [-0.2, -0.15) is 0 Å². The fourth-order valence-electron chi connectivity index (χ4n) is 2.64. The van der Waals surface area contributed by atoms with Crippen LogP contribution < -0.4 is 5.32 Å². The summed E-state index contributed by atoms with van der Waals surface area (Å²) < 4.78 is 5.91. The minimum absolute atomic E-state index is 0.0185. The van der Waals surface area contributed by atoms with Gasteiger partial charge < -0.3 is 10.1 Å². The van der Waals surface area contributed by atoms with Crippen LogP contribution in [0.5, 0.6) is 0 Å². The third-order valence-electron chi connectivity index (χ3n) is 3.61. The van der Waals surface area contributed by atoms with Crippen LogP contribution in [0.2, 0.25) is 0 Å². The molecule has 16 heavy (non-hydrogen) atoms. The maximum absolute atomic E-state index is 5.91. The van der Waals surface area contributed by atoms with Gasteiger partial charge in [-0.25, -0.2) is 0 Å². The molecule has 1 aliphatic rings. The fourth-order valence-corrected chi connectivity index (χ4v) is 2.64. The zero-order valence-electron chi connectivity index (χ0n) is 11.7. The average Bonchev–Trinajstić information content (AvgIpc) is 2.17.